The highest BCUT2D eigenvalue weighted by molar-refractivity contribution is 7.89. The van der Waals surface area contributed by atoms with E-state index in [0.29, 0.717) is 18.7 Å². The number of benzene rings is 2. The van der Waals surface area contributed by atoms with Crippen molar-refractivity contribution in [1.29, 1.82) is 0 Å². The van der Waals surface area contributed by atoms with Crippen molar-refractivity contribution in [3.8, 4) is 0 Å². The van der Waals surface area contributed by atoms with Crippen LogP contribution < -0.4 is 10.0 Å². The fraction of sp³-hybridized carbons (Fsp3) is 0.235. The van der Waals surface area contributed by atoms with Gasteiger partial charge in [-0.1, -0.05) is 42.8 Å². The summed E-state index contributed by atoms with van der Waals surface area (Å²) in [6, 6.07) is 13.8. The van der Waals surface area contributed by atoms with Crippen LogP contribution in [0.25, 0.3) is 0 Å². The van der Waals surface area contributed by atoms with Crippen molar-refractivity contribution in [2.45, 2.75) is 25.3 Å². The molecule has 0 fully saturated rings. The molecule has 0 aliphatic rings. The van der Waals surface area contributed by atoms with Crippen molar-refractivity contribution < 1.29 is 13.2 Å². The zero-order valence-corrected chi connectivity index (χ0v) is 14.0. The van der Waals surface area contributed by atoms with Crippen LogP contribution in [0, 0.1) is 6.92 Å². The van der Waals surface area contributed by atoms with E-state index in [1.54, 1.807) is 19.1 Å². The third kappa shape index (κ3) is 4.64. The first-order chi connectivity index (χ1) is 10.9. The lowest BCUT2D eigenvalue weighted by Gasteiger charge is -2.08. The van der Waals surface area contributed by atoms with Gasteiger partial charge in [0.15, 0.2) is 0 Å². The van der Waals surface area contributed by atoms with Crippen molar-refractivity contribution in [1.82, 2.24) is 10.0 Å². The van der Waals surface area contributed by atoms with E-state index in [1.165, 1.54) is 12.1 Å². The second-order valence-corrected chi connectivity index (χ2v) is 6.97. The van der Waals surface area contributed by atoms with E-state index in [0.717, 1.165) is 11.1 Å². The number of sulfonamides is 1. The van der Waals surface area contributed by atoms with Gasteiger partial charge in [0, 0.05) is 18.7 Å². The Morgan fingerprint density at radius 3 is 2.52 bits per heavy atom. The zero-order valence-electron chi connectivity index (χ0n) is 13.2. The molecule has 2 aromatic carbocycles. The topological polar surface area (TPSA) is 75.3 Å². The van der Waals surface area contributed by atoms with Crippen LogP contribution in [0.2, 0.25) is 0 Å². The first kappa shape index (κ1) is 17.2. The predicted octanol–water partition coefficient (Wildman–Crippen LogP) is 2.22. The molecule has 6 heteroatoms. The maximum atomic E-state index is 12.2. The molecule has 0 bridgehead atoms. The van der Waals surface area contributed by atoms with E-state index >= 15 is 0 Å². The first-order valence-electron chi connectivity index (χ1n) is 7.36. The minimum Gasteiger partial charge on any atom is -0.348 e. The first-order valence-corrected chi connectivity index (χ1v) is 8.84. The van der Waals surface area contributed by atoms with E-state index < -0.39 is 10.0 Å². The molecule has 2 rings (SSSR count). The Morgan fingerprint density at radius 2 is 1.83 bits per heavy atom. The largest absolute Gasteiger partial charge is 0.348 e. The molecule has 0 radical (unpaired) electrons. The Labute approximate surface area is 136 Å². The van der Waals surface area contributed by atoms with Crippen LogP contribution in [-0.2, 0) is 16.6 Å². The lowest BCUT2D eigenvalue weighted by molar-refractivity contribution is 0.0950. The van der Waals surface area contributed by atoms with Gasteiger partial charge in [0.25, 0.3) is 5.91 Å². The highest BCUT2D eigenvalue weighted by Crippen LogP contribution is 2.12. The maximum Gasteiger partial charge on any atom is 0.251 e. The molecule has 0 heterocycles. The molecule has 23 heavy (non-hydrogen) atoms. The predicted molar refractivity (Wildman–Crippen MR) is 89.7 cm³/mol. The summed E-state index contributed by atoms with van der Waals surface area (Å²) in [5.74, 6) is -0.306. The van der Waals surface area contributed by atoms with Crippen LogP contribution in [0.5, 0.6) is 0 Å². The summed E-state index contributed by atoms with van der Waals surface area (Å²) in [5, 5.41) is 2.80. The number of hydrogen-bond donors (Lipinski definition) is 2. The average Bonchev–Trinajstić information content (AvgIpc) is 2.53. The minimum absolute atomic E-state index is 0.0857. The van der Waals surface area contributed by atoms with Crippen molar-refractivity contribution in [2.75, 3.05) is 6.54 Å². The molecule has 0 saturated heterocycles. The van der Waals surface area contributed by atoms with Crippen molar-refractivity contribution in [3.63, 3.8) is 0 Å². The van der Waals surface area contributed by atoms with E-state index in [9.17, 15) is 13.2 Å². The molecule has 2 N–H and O–H groups in total. The molecule has 2 aromatic rings. The molecule has 122 valence electrons. The van der Waals surface area contributed by atoms with Gasteiger partial charge in [-0.25, -0.2) is 13.1 Å². The Hall–Kier alpha value is -2.18. The summed E-state index contributed by atoms with van der Waals surface area (Å²) >= 11 is 0. The molecule has 0 atom stereocenters. The van der Waals surface area contributed by atoms with Crippen molar-refractivity contribution in [3.05, 3.63) is 65.2 Å². The van der Waals surface area contributed by atoms with Crippen LogP contribution in [0.1, 0.15) is 28.4 Å². The summed E-state index contributed by atoms with van der Waals surface area (Å²) in [5.41, 5.74) is 2.43. The van der Waals surface area contributed by atoms with E-state index in [4.69, 9.17) is 0 Å². The number of carbonyl (C=O) groups excluding carboxylic acids is 1. The minimum atomic E-state index is -3.57. The van der Waals surface area contributed by atoms with E-state index in [2.05, 4.69) is 10.0 Å². The number of rotatable bonds is 6. The third-order valence-corrected chi connectivity index (χ3v) is 4.82. The average molecular weight is 332 g/mol. The summed E-state index contributed by atoms with van der Waals surface area (Å²) in [4.78, 5) is 12.3. The molecule has 0 aliphatic carbocycles. The van der Waals surface area contributed by atoms with Crippen LogP contribution in [0.4, 0.5) is 0 Å². The molecule has 0 spiro atoms. The Kier molecular flexibility index (Phi) is 5.52. The van der Waals surface area contributed by atoms with Gasteiger partial charge in [0.2, 0.25) is 10.0 Å². The SMILES string of the molecule is CCNS(=O)(=O)c1cccc(C(=O)NCc2cccc(C)c2)c1. The molecule has 0 unspecified atom stereocenters. The second kappa shape index (κ2) is 7.39. The summed E-state index contributed by atoms with van der Waals surface area (Å²) in [7, 11) is -3.57. The molecular formula is C17H20N2O3S. The number of aryl methyl sites for hydroxylation is 1. The lowest BCUT2D eigenvalue weighted by atomic mass is 10.1. The Morgan fingerprint density at radius 1 is 1.09 bits per heavy atom. The van der Waals surface area contributed by atoms with Crippen molar-refractivity contribution >= 4 is 15.9 Å². The van der Waals surface area contributed by atoms with Crippen LogP contribution in [0.15, 0.2) is 53.4 Å². The Bertz CT molecular complexity index is 801. The van der Waals surface area contributed by atoms with Gasteiger partial charge in [-0.2, -0.15) is 0 Å². The summed E-state index contributed by atoms with van der Waals surface area (Å²) < 4.78 is 26.4. The summed E-state index contributed by atoms with van der Waals surface area (Å²) in [6.45, 7) is 4.38. The smallest absolute Gasteiger partial charge is 0.251 e. The van der Waals surface area contributed by atoms with Crippen LogP contribution in [-0.4, -0.2) is 20.9 Å². The summed E-state index contributed by atoms with van der Waals surface area (Å²) in [6.07, 6.45) is 0. The van der Waals surface area contributed by atoms with Crippen molar-refractivity contribution in [2.24, 2.45) is 0 Å². The van der Waals surface area contributed by atoms with Gasteiger partial charge >= 0.3 is 0 Å². The van der Waals surface area contributed by atoms with Crippen LogP contribution >= 0.6 is 0 Å². The fourth-order valence-electron chi connectivity index (χ4n) is 2.18. The van der Waals surface area contributed by atoms with Gasteiger partial charge in [-0.05, 0) is 30.7 Å². The highest BCUT2D eigenvalue weighted by Gasteiger charge is 2.15. The molecule has 5 nitrogen and oxygen atoms in total. The van der Waals surface area contributed by atoms with E-state index in [1.807, 2.05) is 31.2 Å². The zero-order chi connectivity index (χ0) is 16.9. The molecular weight excluding hydrogens is 312 g/mol. The monoisotopic (exact) mass is 332 g/mol. The number of amides is 1. The quantitative estimate of drug-likeness (QED) is 0.852. The van der Waals surface area contributed by atoms with Gasteiger partial charge < -0.3 is 5.32 Å². The highest BCUT2D eigenvalue weighted by atomic mass is 32.2. The lowest BCUT2D eigenvalue weighted by Crippen LogP contribution is -2.25. The molecule has 0 saturated carbocycles. The normalized spacial score (nSPS) is 11.2. The fourth-order valence-corrected chi connectivity index (χ4v) is 3.27. The third-order valence-electron chi connectivity index (χ3n) is 3.28. The maximum absolute atomic E-state index is 12.2. The van der Waals surface area contributed by atoms with Gasteiger partial charge in [0.05, 0.1) is 4.90 Å². The van der Waals surface area contributed by atoms with Crippen LogP contribution in [0.3, 0.4) is 0 Å². The van der Waals surface area contributed by atoms with E-state index in [-0.39, 0.29) is 10.8 Å². The number of nitrogens with one attached hydrogen (secondary N) is 2. The Balaban J connectivity index is 2.11. The molecule has 1 amide bonds. The standard InChI is InChI=1S/C17H20N2O3S/c1-3-19-23(21,22)16-9-5-8-15(11-16)17(20)18-12-14-7-4-6-13(2)10-14/h4-11,19H,3,12H2,1-2H3,(H,18,20). The van der Waals surface area contributed by atoms with Gasteiger partial charge in [-0.3, -0.25) is 4.79 Å². The van der Waals surface area contributed by atoms with Gasteiger partial charge in [0.1, 0.15) is 0 Å². The number of hydrogen-bond acceptors (Lipinski definition) is 3. The number of carbonyl (C=O) groups is 1. The molecule has 0 aliphatic heterocycles. The molecule has 0 aromatic heterocycles. The van der Waals surface area contributed by atoms with Gasteiger partial charge in [-0.15, -0.1) is 0 Å². The second-order valence-electron chi connectivity index (χ2n) is 5.20.